The van der Waals surface area contributed by atoms with E-state index in [-0.39, 0.29) is 5.56 Å². The number of fused-ring (bicyclic) bond motifs is 1. The molecule has 2 aromatic heterocycles. The molecule has 0 bridgehead atoms. The molecule has 110 valence electrons. The highest BCUT2D eigenvalue weighted by molar-refractivity contribution is 7.98. The third-order valence-electron chi connectivity index (χ3n) is 2.82. The Morgan fingerprint density at radius 1 is 1.14 bits per heavy atom. The summed E-state index contributed by atoms with van der Waals surface area (Å²) < 4.78 is 1.60. The van der Waals surface area contributed by atoms with Crippen LogP contribution in [0, 0.1) is 6.92 Å². The fourth-order valence-corrected chi connectivity index (χ4v) is 2.35. The molecule has 3 rings (SSSR count). The topological polar surface area (TPSA) is 63.0 Å². The molecule has 0 saturated heterocycles. The number of aromatic amines is 1. The van der Waals surface area contributed by atoms with Crippen molar-refractivity contribution in [1.82, 2.24) is 19.6 Å². The number of hydrogen-bond donors (Lipinski definition) is 1. The Balaban J connectivity index is 0.000000774. The molecule has 0 unspecified atom stereocenters. The maximum Gasteiger partial charge on any atom is 0.266 e. The van der Waals surface area contributed by atoms with Gasteiger partial charge in [-0.15, -0.1) is 0 Å². The van der Waals surface area contributed by atoms with Crippen LogP contribution in [0.25, 0.3) is 17.0 Å². The Morgan fingerprint density at radius 2 is 1.81 bits per heavy atom. The second kappa shape index (κ2) is 6.58. The van der Waals surface area contributed by atoms with E-state index in [1.165, 1.54) is 23.4 Å². The Hall–Kier alpha value is -2.08. The monoisotopic (exact) mass is 302 g/mol. The van der Waals surface area contributed by atoms with Gasteiger partial charge in [0.2, 0.25) is 0 Å². The van der Waals surface area contributed by atoms with Gasteiger partial charge in [0, 0.05) is 11.6 Å². The van der Waals surface area contributed by atoms with E-state index < -0.39 is 0 Å². The van der Waals surface area contributed by atoms with Gasteiger partial charge in [0.15, 0.2) is 16.6 Å². The van der Waals surface area contributed by atoms with Gasteiger partial charge in [-0.25, -0.2) is 14.5 Å². The lowest BCUT2D eigenvalue weighted by atomic mass is 10.1. The van der Waals surface area contributed by atoms with Crippen LogP contribution in [-0.2, 0) is 0 Å². The largest absolute Gasteiger partial charge is 0.268 e. The van der Waals surface area contributed by atoms with Crippen LogP contribution >= 0.6 is 11.8 Å². The number of nitrogens with one attached hydrogen (secondary N) is 1. The number of nitrogens with zero attached hydrogens (tertiary/aromatic N) is 3. The van der Waals surface area contributed by atoms with Gasteiger partial charge in [-0.3, -0.25) is 9.89 Å². The Bertz CT molecular complexity index is 790. The number of aromatic nitrogens is 4. The number of thioether (sulfide) groups is 1. The third-order valence-corrected chi connectivity index (χ3v) is 3.46. The fraction of sp³-hybridized carbons (Fsp3) is 0.267. The fourth-order valence-electron chi connectivity index (χ4n) is 1.85. The molecule has 0 fully saturated rings. The van der Waals surface area contributed by atoms with Crippen molar-refractivity contribution in [2.75, 3.05) is 6.26 Å². The minimum Gasteiger partial charge on any atom is -0.268 e. The van der Waals surface area contributed by atoms with Crippen LogP contribution in [0.5, 0.6) is 0 Å². The smallest absolute Gasteiger partial charge is 0.266 e. The average molecular weight is 302 g/mol. The molecule has 21 heavy (non-hydrogen) atoms. The summed E-state index contributed by atoms with van der Waals surface area (Å²) in [6.45, 7) is 6.03. The maximum absolute atomic E-state index is 11.4. The van der Waals surface area contributed by atoms with Crippen LogP contribution in [0.3, 0.4) is 0 Å². The molecule has 3 aromatic rings. The first-order valence-corrected chi connectivity index (χ1v) is 8.01. The van der Waals surface area contributed by atoms with Gasteiger partial charge >= 0.3 is 0 Å². The van der Waals surface area contributed by atoms with Crippen molar-refractivity contribution in [3.63, 3.8) is 0 Å². The highest BCUT2D eigenvalue weighted by atomic mass is 32.2. The summed E-state index contributed by atoms with van der Waals surface area (Å²) in [5.74, 6) is 0.628. The molecular weight excluding hydrogens is 284 g/mol. The van der Waals surface area contributed by atoms with Gasteiger partial charge in [0.1, 0.15) is 0 Å². The molecule has 5 nitrogen and oxygen atoms in total. The normalized spacial score (nSPS) is 10.3. The summed E-state index contributed by atoms with van der Waals surface area (Å²) in [7, 11) is 0. The van der Waals surface area contributed by atoms with E-state index in [9.17, 15) is 4.79 Å². The molecule has 0 aliphatic heterocycles. The van der Waals surface area contributed by atoms with E-state index in [0.29, 0.717) is 16.6 Å². The van der Waals surface area contributed by atoms with Crippen LogP contribution in [0.15, 0.2) is 40.3 Å². The molecule has 0 atom stereocenters. The molecule has 0 aliphatic rings. The number of rotatable bonds is 2. The molecular formula is C15H18N4OS. The predicted octanol–water partition coefficient (Wildman–Crippen LogP) is 3.14. The molecule has 0 radical (unpaired) electrons. The number of aryl methyl sites for hydroxylation is 1. The molecule has 0 spiro atoms. The van der Waals surface area contributed by atoms with Crippen molar-refractivity contribution in [2.24, 2.45) is 0 Å². The molecule has 6 heteroatoms. The summed E-state index contributed by atoms with van der Waals surface area (Å²) in [6, 6.07) is 9.47. The molecule has 2 heterocycles. The summed E-state index contributed by atoms with van der Waals surface area (Å²) in [5.41, 5.74) is 2.54. The zero-order chi connectivity index (χ0) is 15.4. The van der Waals surface area contributed by atoms with E-state index in [4.69, 9.17) is 0 Å². The molecule has 0 aliphatic carbocycles. The first-order valence-electron chi connectivity index (χ1n) is 6.78. The molecule has 0 saturated carbocycles. The van der Waals surface area contributed by atoms with Crippen LogP contribution in [0.4, 0.5) is 0 Å². The first kappa shape index (κ1) is 15.3. The van der Waals surface area contributed by atoms with Gasteiger partial charge in [-0.1, -0.05) is 55.4 Å². The first-order chi connectivity index (χ1) is 10.2. The lowest BCUT2D eigenvalue weighted by Gasteiger charge is -2.05. The van der Waals surface area contributed by atoms with E-state index in [1.54, 1.807) is 4.52 Å². The standard InChI is InChI=1S/C13H12N4OS.C2H6/c1-8-3-5-9(6-4-8)12-14-10-7-11(18)16-17(10)13(15-12)19-2;1-2/h3-7H,1-2H3,(H,16,18);1-2H3. The van der Waals surface area contributed by atoms with Crippen molar-refractivity contribution in [3.05, 3.63) is 46.2 Å². The summed E-state index contributed by atoms with van der Waals surface area (Å²) in [6.07, 6.45) is 1.92. The zero-order valence-electron chi connectivity index (χ0n) is 12.5. The van der Waals surface area contributed by atoms with Crippen molar-refractivity contribution in [3.8, 4) is 11.4 Å². The van der Waals surface area contributed by atoms with Crippen molar-refractivity contribution >= 4 is 17.4 Å². The average Bonchev–Trinajstić information content (AvgIpc) is 2.89. The summed E-state index contributed by atoms with van der Waals surface area (Å²) in [4.78, 5) is 20.3. The van der Waals surface area contributed by atoms with E-state index in [1.807, 2.05) is 51.3 Å². The maximum atomic E-state index is 11.4. The van der Waals surface area contributed by atoms with E-state index in [0.717, 1.165) is 5.56 Å². The Kier molecular flexibility index (Phi) is 4.80. The molecule has 1 N–H and O–H groups in total. The highest BCUT2D eigenvalue weighted by Gasteiger charge is 2.09. The Morgan fingerprint density at radius 3 is 2.43 bits per heavy atom. The Labute approximate surface area is 127 Å². The van der Waals surface area contributed by atoms with Gasteiger partial charge in [-0.2, -0.15) is 0 Å². The van der Waals surface area contributed by atoms with Crippen molar-refractivity contribution in [2.45, 2.75) is 25.9 Å². The minimum atomic E-state index is -0.175. The highest BCUT2D eigenvalue weighted by Crippen LogP contribution is 2.20. The number of hydrogen-bond acceptors (Lipinski definition) is 4. The molecule has 1 aromatic carbocycles. The van der Waals surface area contributed by atoms with E-state index >= 15 is 0 Å². The second-order valence-electron chi connectivity index (χ2n) is 4.21. The van der Waals surface area contributed by atoms with Crippen LogP contribution < -0.4 is 5.56 Å². The van der Waals surface area contributed by atoms with Gasteiger partial charge in [0.25, 0.3) is 5.56 Å². The SMILES string of the molecule is CC.CSc1nc(-c2ccc(C)cc2)nc2cc(=O)[nH]n12. The minimum absolute atomic E-state index is 0.175. The predicted molar refractivity (Wildman–Crippen MR) is 86.9 cm³/mol. The van der Waals surface area contributed by atoms with Crippen LogP contribution in [-0.4, -0.2) is 25.8 Å². The van der Waals surface area contributed by atoms with E-state index in [2.05, 4.69) is 15.1 Å². The third kappa shape index (κ3) is 3.16. The van der Waals surface area contributed by atoms with Gasteiger partial charge < -0.3 is 0 Å². The summed E-state index contributed by atoms with van der Waals surface area (Å²) in [5, 5.41) is 3.39. The lowest BCUT2D eigenvalue weighted by molar-refractivity contribution is 0.768. The summed E-state index contributed by atoms with van der Waals surface area (Å²) >= 11 is 1.47. The van der Waals surface area contributed by atoms with Crippen molar-refractivity contribution in [1.29, 1.82) is 0 Å². The quantitative estimate of drug-likeness (QED) is 0.739. The molecule has 0 amide bonds. The van der Waals surface area contributed by atoms with Gasteiger partial charge in [0.05, 0.1) is 0 Å². The lowest BCUT2D eigenvalue weighted by Crippen LogP contribution is -2.03. The van der Waals surface area contributed by atoms with Crippen molar-refractivity contribution < 1.29 is 0 Å². The number of benzene rings is 1. The van der Waals surface area contributed by atoms with Crippen LogP contribution in [0.1, 0.15) is 19.4 Å². The van der Waals surface area contributed by atoms with Crippen LogP contribution in [0.2, 0.25) is 0 Å². The van der Waals surface area contributed by atoms with Gasteiger partial charge in [-0.05, 0) is 13.2 Å². The second-order valence-corrected chi connectivity index (χ2v) is 4.99. The number of H-pyrrole nitrogens is 1. The zero-order valence-corrected chi connectivity index (χ0v) is 13.4.